The molecule has 3 heteroatoms. The third kappa shape index (κ3) is 3.52. The van der Waals surface area contributed by atoms with Gasteiger partial charge in [-0.2, -0.15) is 0 Å². The third-order valence-electron chi connectivity index (χ3n) is 4.02. The molecule has 0 aromatic heterocycles. The minimum absolute atomic E-state index is 0.454. The van der Waals surface area contributed by atoms with Gasteiger partial charge in [0.05, 0.1) is 0 Å². The van der Waals surface area contributed by atoms with Crippen LogP contribution in [0.5, 0.6) is 0 Å². The highest BCUT2D eigenvalue weighted by molar-refractivity contribution is 5.18. The lowest BCUT2D eigenvalue weighted by molar-refractivity contribution is 0.284. The van der Waals surface area contributed by atoms with Crippen LogP contribution in [0.3, 0.4) is 0 Å². The Labute approximate surface area is 108 Å². The molecule has 100 valence electrons. The highest BCUT2D eigenvalue weighted by Crippen LogP contribution is 2.26. The Morgan fingerprint density at radius 1 is 1.17 bits per heavy atom. The quantitative estimate of drug-likeness (QED) is 0.854. The summed E-state index contributed by atoms with van der Waals surface area (Å²) in [6, 6.07) is 4.27. The van der Waals surface area contributed by atoms with Crippen molar-refractivity contribution in [2.24, 2.45) is 5.92 Å². The first kappa shape index (κ1) is 13.5. The molecular formula is C15H21F2N. The van der Waals surface area contributed by atoms with Crippen LogP contribution in [0.15, 0.2) is 18.2 Å². The van der Waals surface area contributed by atoms with Crippen molar-refractivity contribution >= 4 is 0 Å². The van der Waals surface area contributed by atoms with Crippen LogP contribution in [0.25, 0.3) is 0 Å². The minimum Gasteiger partial charge on any atom is -0.310 e. The van der Waals surface area contributed by atoms with Gasteiger partial charge < -0.3 is 5.32 Å². The summed E-state index contributed by atoms with van der Waals surface area (Å²) in [7, 11) is 0. The smallest absolute Gasteiger partial charge is 0.130 e. The largest absolute Gasteiger partial charge is 0.310 e. The first-order valence-corrected chi connectivity index (χ1v) is 6.86. The molecule has 1 saturated carbocycles. The molecule has 0 unspecified atom stereocenters. The van der Waals surface area contributed by atoms with E-state index >= 15 is 0 Å². The molecule has 18 heavy (non-hydrogen) atoms. The Kier molecular flexibility index (Phi) is 4.70. The summed E-state index contributed by atoms with van der Waals surface area (Å²) in [5, 5.41) is 3.38. The molecule has 1 aliphatic carbocycles. The molecule has 0 bridgehead atoms. The molecule has 2 rings (SSSR count). The zero-order chi connectivity index (χ0) is 13.0. The molecule has 1 aliphatic rings. The van der Waals surface area contributed by atoms with Crippen molar-refractivity contribution in [2.75, 3.05) is 0 Å². The number of nitrogens with one attached hydrogen (secondary N) is 1. The van der Waals surface area contributed by atoms with Crippen LogP contribution in [0.1, 0.15) is 44.6 Å². The highest BCUT2D eigenvalue weighted by atomic mass is 19.1. The maximum atomic E-state index is 13.4. The van der Waals surface area contributed by atoms with E-state index in [4.69, 9.17) is 0 Å². The molecule has 0 atom stereocenters. The number of halogens is 2. The fourth-order valence-electron chi connectivity index (χ4n) is 2.69. The topological polar surface area (TPSA) is 12.0 Å². The average Bonchev–Trinajstić information content (AvgIpc) is 2.38. The van der Waals surface area contributed by atoms with Crippen molar-refractivity contribution in [3.05, 3.63) is 35.4 Å². The molecule has 0 spiro atoms. The summed E-state index contributed by atoms with van der Waals surface area (Å²) in [5.41, 5.74) is 0.550. The van der Waals surface area contributed by atoms with Gasteiger partial charge in [0.25, 0.3) is 0 Å². The van der Waals surface area contributed by atoms with Crippen LogP contribution in [-0.4, -0.2) is 6.04 Å². The van der Waals surface area contributed by atoms with Crippen molar-refractivity contribution in [2.45, 2.75) is 51.6 Å². The van der Waals surface area contributed by atoms with Gasteiger partial charge in [-0.15, -0.1) is 0 Å². The summed E-state index contributed by atoms with van der Waals surface area (Å²) in [6.45, 7) is 2.74. The summed E-state index contributed by atoms with van der Waals surface area (Å²) in [5.74, 6) is -0.102. The summed E-state index contributed by atoms with van der Waals surface area (Å²) < 4.78 is 26.2. The molecule has 0 aliphatic heterocycles. The Hall–Kier alpha value is -0.960. The van der Waals surface area contributed by atoms with E-state index in [1.54, 1.807) is 0 Å². The first-order chi connectivity index (χ1) is 8.69. The molecular weight excluding hydrogens is 232 g/mol. The van der Waals surface area contributed by atoms with Crippen molar-refractivity contribution < 1.29 is 8.78 Å². The SMILES string of the molecule is CC[C@H]1CC[C@H](NCc2ccc(F)cc2F)CC1. The third-order valence-corrected chi connectivity index (χ3v) is 4.02. The second-order valence-electron chi connectivity index (χ2n) is 5.24. The fourth-order valence-corrected chi connectivity index (χ4v) is 2.69. The van der Waals surface area contributed by atoms with Gasteiger partial charge in [-0.1, -0.05) is 19.4 Å². The van der Waals surface area contributed by atoms with Gasteiger partial charge >= 0.3 is 0 Å². The minimum atomic E-state index is -0.514. The summed E-state index contributed by atoms with van der Waals surface area (Å²) >= 11 is 0. The van der Waals surface area contributed by atoms with Crippen molar-refractivity contribution in [1.29, 1.82) is 0 Å². The van der Waals surface area contributed by atoms with E-state index in [9.17, 15) is 8.78 Å². The zero-order valence-corrected chi connectivity index (χ0v) is 10.9. The predicted molar refractivity (Wildman–Crippen MR) is 69.2 cm³/mol. The van der Waals surface area contributed by atoms with E-state index in [1.807, 2.05) is 0 Å². The molecule has 1 aromatic carbocycles. The highest BCUT2D eigenvalue weighted by Gasteiger charge is 2.19. The lowest BCUT2D eigenvalue weighted by Crippen LogP contribution is -2.32. The van der Waals surface area contributed by atoms with Crippen LogP contribution < -0.4 is 5.32 Å². The van der Waals surface area contributed by atoms with Gasteiger partial charge in [-0.3, -0.25) is 0 Å². The van der Waals surface area contributed by atoms with Gasteiger partial charge in [0.1, 0.15) is 11.6 Å². The molecule has 1 fully saturated rings. The normalized spacial score (nSPS) is 24.2. The maximum Gasteiger partial charge on any atom is 0.130 e. The second-order valence-corrected chi connectivity index (χ2v) is 5.24. The zero-order valence-electron chi connectivity index (χ0n) is 10.9. The van der Waals surface area contributed by atoms with Crippen LogP contribution >= 0.6 is 0 Å². The van der Waals surface area contributed by atoms with Crippen molar-refractivity contribution in [3.63, 3.8) is 0 Å². The van der Waals surface area contributed by atoms with E-state index in [0.717, 1.165) is 12.0 Å². The number of rotatable bonds is 4. The van der Waals surface area contributed by atoms with Gasteiger partial charge in [-0.05, 0) is 37.7 Å². The Morgan fingerprint density at radius 2 is 1.89 bits per heavy atom. The second kappa shape index (κ2) is 6.28. The van der Waals surface area contributed by atoms with Crippen molar-refractivity contribution in [1.82, 2.24) is 5.32 Å². The number of hydrogen-bond acceptors (Lipinski definition) is 1. The van der Waals surface area contributed by atoms with Crippen molar-refractivity contribution in [3.8, 4) is 0 Å². The molecule has 1 N–H and O–H groups in total. The lowest BCUT2D eigenvalue weighted by Gasteiger charge is -2.28. The molecule has 0 heterocycles. The first-order valence-electron chi connectivity index (χ1n) is 6.86. The molecule has 0 amide bonds. The fraction of sp³-hybridized carbons (Fsp3) is 0.600. The monoisotopic (exact) mass is 253 g/mol. The van der Waals surface area contributed by atoms with E-state index in [2.05, 4.69) is 12.2 Å². The standard InChI is InChI=1S/C15H21F2N/c1-2-11-3-7-14(8-4-11)18-10-12-5-6-13(16)9-15(12)17/h5-6,9,11,14,18H,2-4,7-8,10H2,1H3/t11-,14-. The van der Waals surface area contributed by atoms with Crippen LogP contribution in [-0.2, 0) is 6.54 Å². The summed E-state index contributed by atoms with van der Waals surface area (Å²) in [4.78, 5) is 0. The Balaban J connectivity index is 1.81. The van der Waals surface area contributed by atoms with E-state index in [1.165, 1.54) is 44.2 Å². The molecule has 0 radical (unpaired) electrons. The molecule has 0 saturated heterocycles. The van der Waals surface area contributed by atoms with Gasteiger partial charge in [0.2, 0.25) is 0 Å². The van der Waals surface area contributed by atoms with Crippen LogP contribution in [0.2, 0.25) is 0 Å². The Bertz CT molecular complexity index is 384. The van der Waals surface area contributed by atoms with E-state index < -0.39 is 11.6 Å². The van der Waals surface area contributed by atoms with Gasteiger partial charge in [-0.25, -0.2) is 8.78 Å². The van der Waals surface area contributed by atoms with Gasteiger partial charge in [0.15, 0.2) is 0 Å². The van der Waals surface area contributed by atoms with Crippen LogP contribution in [0.4, 0.5) is 8.78 Å². The molecule has 1 nitrogen and oxygen atoms in total. The number of benzene rings is 1. The maximum absolute atomic E-state index is 13.4. The number of hydrogen-bond donors (Lipinski definition) is 1. The van der Waals surface area contributed by atoms with Crippen LogP contribution in [0, 0.1) is 17.6 Å². The predicted octanol–water partition coefficient (Wildman–Crippen LogP) is 4.02. The average molecular weight is 253 g/mol. The van der Waals surface area contributed by atoms with Gasteiger partial charge in [0, 0.05) is 24.2 Å². The Morgan fingerprint density at radius 3 is 2.50 bits per heavy atom. The molecule has 1 aromatic rings. The lowest BCUT2D eigenvalue weighted by atomic mass is 9.84. The van der Waals surface area contributed by atoms with E-state index in [0.29, 0.717) is 18.2 Å². The van der Waals surface area contributed by atoms with E-state index in [-0.39, 0.29) is 0 Å². The summed E-state index contributed by atoms with van der Waals surface area (Å²) in [6.07, 6.45) is 6.13.